The molecule has 1 heterocycles. The Hall–Kier alpha value is -0.130. The molecule has 1 N–H and O–H groups in total. The van der Waals surface area contributed by atoms with Gasteiger partial charge in [-0.3, -0.25) is 0 Å². The first-order valence-electron chi connectivity index (χ1n) is 4.94. The number of rotatable bonds is 3. The Morgan fingerprint density at radius 2 is 2.40 bits per heavy atom. The molecule has 2 rings (SSSR count). The zero-order chi connectivity index (χ0) is 11.1. The van der Waals surface area contributed by atoms with Crippen LogP contribution < -0.4 is 5.32 Å². The van der Waals surface area contributed by atoms with Crippen molar-refractivity contribution in [1.82, 2.24) is 4.98 Å². The Kier molecular flexibility index (Phi) is 3.05. The van der Waals surface area contributed by atoms with Crippen LogP contribution in [0.15, 0.2) is 9.98 Å². The predicted molar refractivity (Wildman–Crippen MR) is 66.4 cm³/mol. The second kappa shape index (κ2) is 4.03. The average Bonchev–Trinajstić information content (AvgIpc) is 2.58. The number of hydrogen-bond acceptors (Lipinski definition) is 4. The van der Waals surface area contributed by atoms with E-state index in [1.807, 2.05) is 5.38 Å². The van der Waals surface area contributed by atoms with Gasteiger partial charge >= 0.3 is 0 Å². The first kappa shape index (κ1) is 11.4. The number of anilines is 1. The van der Waals surface area contributed by atoms with Crippen LogP contribution in [0.3, 0.4) is 0 Å². The summed E-state index contributed by atoms with van der Waals surface area (Å²) < 4.78 is 6.31. The van der Waals surface area contributed by atoms with E-state index in [1.54, 1.807) is 18.4 Å². The minimum atomic E-state index is 0.187. The van der Waals surface area contributed by atoms with Crippen molar-refractivity contribution >= 4 is 32.4 Å². The maximum Gasteiger partial charge on any atom is 0.183 e. The van der Waals surface area contributed by atoms with Gasteiger partial charge in [0.15, 0.2) is 5.13 Å². The van der Waals surface area contributed by atoms with Gasteiger partial charge < -0.3 is 10.1 Å². The third kappa shape index (κ3) is 2.05. The van der Waals surface area contributed by atoms with Gasteiger partial charge in [0.05, 0.1) is 6.10 Å². The van der Waals surface area contributed by atoms with Crippen LogP contribution >= 0.6 is 27.3 Å². The summed E-state index contributed by atoms with van der Waals surface area (Å²) in [6.45, 7) is 4.45. The van der Waals surface area contributed by atoms with Crippen molar-refractivity contribution in [3.05, 3.63) is 9.98 Å². The highest BCUT2D eigenvalue weighted by molar-refractivity contribution is 9.10. The quantitative estimate of drug-likeness (QED) is 0.929. The van der Waals surface area contributed by atoms with Crippen molar-refractivity contribution in [2.45, 2.75) is 32.4 Å². The smallest absolute Gasteiger partial charge is 0.183 e. The molecular weight excluding hydrogens is 276 g/mol. The van der Waals surface area contributed by atoms with Crippen molar-refractivity contribution in [3.8, 4) is 0 Å². The second-order valence-corrected chi connectivity index (χ2v) is 6.12. The molecule has 0 radical (unpaired) electrons. The molecule has 0 saturated heterocycles. The Balaban J connectivity index is 1.98. The zero-order valence-electron chi connectivity index (χ0n) is 9.08. The highest BCUT2D eigenvalue weighted by atomic mass is 79.9. The van der Waals surface area contributed by atoms with Gasteiger partial charge in [-0.15, -0.1) is 11.3 Å². The molecule has 2 unspecified atom stereocenters. The zero-order valence-corrected chi connectivity index (χ0v) is 11.5. The van der Waals surface area contributed by atoms with E-state index in [0.29, 0.717) is 12.1 Å². The summed E-state index contributed by atoms with van der Waals surface area (Å²) in [4.78, 5) is 4.33. The van der Waals surface area contributed by atoms with Crippen molar-refractivity contribution in [3.63, 3.8) is 0 Å². The van der Waals surface area contributed by atoms with Crippen molar-refractivity contribution in [2.75, 3.05) is 12.4 Å². The van der Waals surface area contributed by atoms with Gasteiger partial charge in [-0.2, -0.15) is 0 Å². The Bertz CT molecular complexity index is 353. The standard InChI is InChI=1S/C10H15BrN2OS/c1-10(2)6(4-7(10)14-3)12-9-13-8(11)5-15-9/h5-7H,4H2,1-3H3,(H,12,13). The lowest BCUT2D eigenvalue weighted by atomic mass is 9.64. The molecule has 0 amide bonds. The molecule has 1 fully saturated rings. The highest BCUT2D eigenvalue weighted by Crippen LogP contribution is 2.44. The summed E-state index contributed by atoms with van der Waals surface area (Å²) in [6.07, 6.45) is 1.42. The van der Waals surface area contributed by atoms with Gasteiger partial charge in [-0.1, -0.05) is 13.8 Å². The minimum Gasteiger partial charge on any atom is -0.381 e. The Morgan fingerprint density at radius 3 is 2.87 bits per heavy atom. The highest BCUT2D eigenvalue weighted by Gasteiger charge is 2.48. The monoisotopic (exact) mass is 290 g/mol. The number of nitrogens with one attached hydrogen (secondary N) is 1. The van der Waals surface area contributed by atoms with Gasteiger partial charge in [-0.25, -0.2) is 4.98 Å². The third-order valence-corrected chi connectivity index (χ3v) is 4.72. The van der Waals surface area contributed by atoms with E-state index in [2.05, 4.69) is 40.1 Å². The summed E-state index contributed by atoms with van der Waals surface area (Å²) in [6, 6.07) is 0.459. The summed E-state index contributed by atoms with van der Waals surface area (Å²) in [7, 11) is 1.78. The van der Waals surface area contributed by atoms with Crippen LogP contribution in [0.5, 0.6) is 0 Å². The molecule has 15 heavy (non-hydrogen) atoms. The second-order valence-electron chi connectivity index (χ2n) is 4.45. The van der Waals surface area contributed by atoms with E-state index in [0.717, 1.165) is 16.2 Å². The first-order chi connectivity index (χ1) is 7.04. The molecule has 0 aliphatic heterocycles. The van der Waals surface area contributed by atoms with Crippen LogP contribution in [-0.4, -0.2) is 24.2 Å². The van der Waals surface area contributed by atoms with Gasteiger partial charge in [0.25, 0.3) is 0 Å². The minimum absolute atomic E-state index is 0.187. The fraction of sp³-hybridized carbons (Fsp3) is 0.700. The van der Waals surface area contributed by atoms with Crippen LogP contribution in [0.2, 0.25) is 0 Å². The molecule has 84 valence electrons. The number of nitrogens with zero attached hydrogens (tertiary/aromatic N) is 1. The average molecular weight is 291 g/mol. The number of methoxy groups -OCH3 is 1. The lowest BCUT2D eigenvalue weighted by Crippen LogP contribution is -2.57. The summed E-state index contributed by atoms with van der Waals surface area (Å²) in [5.74, 6) is 0. The fourth-order valence-electron chi connectivity index (χ4n) is 2.00. The van der Waals surface area contributed by atoms with Gasteiger partial charge in [0.2, 0.25) is 0 Å². The lowest BCUT2D eigenvalue weighted by Gasteiger charge is -2.51. The molecule has 1 aromatic rings. The largest absolute Gasteiger partial charge is 0.381 e. The SMILES string of the molecule is COC1CC(Nc2nc(Br)cs2)C1(C)C. The lowest BCUT2D eigenvalue weighted by molar-refractivity contribution is -0.0794. The van der Waals surface area contributed by atoms with Gasteiger partial charge in [-0.05, 0) is 22.4 Å². The van der Waals surface area contributed by atoms with Crippen molar-refractivity contribution in [1.29, 1.82) is 0 Å². The van der Waals surface area contributed by atoms with Crippen LogP contribution in [0.4, 0.5) is 5.13 Å². The molecule has 3 nitrogen and oxygen atoms in total. The number of thiazole rings is 1. The molecule has 0 bridgehead atoms. The van der Waals surface area contributed by atoms with Crippen LogP contribution in [0.1, 0.15) is 20.3 Å². The number of aromatic nitrogens is 1. The van der Waals surface area contributed by atoms with E-state index in [1.165, 1.54) is 0 Å². The first-order valence-corrected chi connectivity index (χ1v) is 6.61. The van der Waals surface area contributed by atoms with Gasteiger partial charge in [0.1, 0.15) is 4.60 Å². The summed E-state index contributed by atoms with van der Waals surface area (Å²) >= 11 is 4.98. The van der Waals surface area contributed by atoms with E-state index in [4.69, 9.17) is 4.74 Å². The molecule has 1 aliphatic rings. The number of ether oxygens (including phenoxy) is 1. The van der Waals surface area contributed by atoms with Crippen molar-refractivity contribution in [2.24, 2.45) is 5.41 Å². The molecule has 5 heteroatoms. The summed E-state index contributed by atoms with van der Waals surface area (Å²) in [5, 5.41) is 6.42. The maximum absolute atomic E-state index is 5.41. The predicted octanol–water partition coefficient (Wildman–Crippen LogP) is 3.13. The van der Waals surface area contributed by atoms with E-state index >= 15 is 0 Å². The molecule has 0 aromatic carbocycles. The molecule has 1 saturated carbocycles. The maximum atomic E-state index is 5.41. The Labute approximate surface area is 102 Å². The van der Waals surface area contributed by atoms with E-state index in [-0.39, 0.29) is 5.41 Å². The molecule has 2 atom stereocenters. The summed E-state index contributed by atoms with van der Waals surface area (Å²) in [5.41, 5.74) is 0.187. The Morgan fingerprint density at radius 1 is 1.67 bits per heavy atom. The molecule has 1 aliphatic carbocycles. The van der Waals surface area contributed by atoms with Crippen molar-refractivity contribution < 1.29 is 4.74 Å². The topological polar surface area (TPSA) is 34.1 Å². The van der Waals surface area contributed by atoms with Crippen LogP contribution in [0.25, 0.3) is 0 Å². The van der Waals surface area contributed by atoms with E-state index < -0.39 is 0 Å². The van der Waals surface area contributed by atoms with Crippen LogP contribution in [0, 0.1) is 5.41 Å². The fourth-order valence-corrected chi connectivity index (χ4v) is 3.20. The normalized spacial score (nSPS) is 28.5. The van der Waals surface area contributed by atoms with Crippen LogP contribution in [-0.2, 0) is 4.74 Å². The number of hydrogen-bond donors (Lipinski definition) is 1. The third-order valence-electron chi connectivity index (χ3n) is 3.24. The van der Waals surface area contributed by atoms with Gasteiger partial charge in [0, 0.05) is 23.9 Å². The number of halogens is 1. The molecule has 1 aromatic heterocycles. The van der Waals surface area contributed by atoms with E-state index in [9.17, 15) is 0 Å². The molecule has 0 spiro atoms. The molecular formula is C10H15BrN2OS.